The van der Waals surface area contributed by atoms with Crippen LogP contribution in [0.3, 0.4) is 0 Å². The highest BCUT2D eigenvalue weighted by Gasteiger charge is 2.75. The number of halogens is 1. The van der Waals surface area contributed by atoms with Crippen molar-refractivity contribution in [3.05, 3.63) is 34.9 Å². The van der Waals surface area contributed by atoms with Gasteiger partial charge in [0.15, 0.2) is 9.84 Å². The lowest BCUT2D eigenvalue weighted by Crippen LogP contribution is -2.34. The average molecular weight is 346 g/mol. The zero-order valence-corrected chi connectivity index (χ0v) is 14.2. The Balaban J connectivity index is 2.52. The molecule has 0 amide bonds. The van der Waals surface area contributed by atoms with Gasteiger partial charge in [-0.1, -0.05) is 30.7 Å². The van der Waals surface area contributed by atoms with Crippen molar-refractivity contribution in [2.24, 2.45) is 11.1 Å². The second-order valence-corrected chi connectivity index (χ2v) is 8.22. The number of rotatable bonds is 6. The Labute approximate surface area is 135 Å². The normalized spacial score (nSPS) is 27.5. The molecule has 0 radical (unpaired) electrons. The summed E-state index contributed by atoms with van der Waals surface area (Å²) in [6.45, 7) is 3.35. The Bertz CT molecular complexity index is 676. The molecule has 5 nitrogen and oxygen atoms in total. The zero-order chi connectivity index (χ0) is 16.5. The standard InChI is InChI=1S/C15H20ClNO4S/c1-3-21-14(18)15(9-17)12(13(15)22(19,20)4-2)10-6-5-7-11(16)8-10/h5-8,12-13H,3-4,9,17H2,1-2H3/t12-,13-,15+/m0/s1. The molecule has 2 N–H and O–H groups in total. The first-order valence-electron chi connectivity index (χ1n) is 7.19. The maximum absolute atomic E-state index is 12.4. The number of benzene rings is 1. The van der Waals surface area contributed by atoms with E-state index in [1.54, 1.807) is 38.1 Å². The smallest absolute Gasteiger partial charge is 0.315 e. The second kappa shape index (κ2) is 6.18. The Morgan fingerprint density at radius 3 is 2.59 bits per heavy atom. The molecule has 1 aromatic rings. The molecule has 0 saturated heterocycles. The van der Waals surface area contributed by atoms with E-state index in [0.29, 0.717) is 10.6 Å². The fourth-order valence-corrected chi connectivity index (χ4v) is 5.39. The molecule has 22 heavy (non-hydrogen) atoms. The molecule has 122 valence electrons. The summed E-state index contributed by atoms with van der Waals surface area (Å²) in [6.07, 6.45) is 0. The Morgan fingerprint density at radius 2 is 2.09 bits per heavy atom. The van der Waals surface area contributed by atoms with Crippen molar-refractivity contribution in [3.8, 4) is 0 Å². The number of esters is 1. The third kappa shape index (κ3) is 2.64. The van der Waals surface area contributed by atoms with Gasteiger partial charge in [-0.05, 0) is 24.6 Å². The summed E-state index contributed by atoms with van der Waals surface area (Å²) < 4.78 is 29.9. The fourth-order valence-electron chi connectivity index (χ4n) is 3.12. The van der Waals surface area contributed by atoms with Crippen molar-refractivity contribution < 1.29 is 17.9 Å². The largest absolute Gasteiger partial charge is 0.465 e. The SMILES string of the molecule is CCOC(=O)[C@]1(CN)[C@@H](c2cccc(Cl)c2)[C@@H]1S(=O)(=O)CC. The molecule has 1 aliphatic carbocycles. The Kier molecular flexibility index (Phi) is 4.84. The summed E-state index contributed by atoms with van der Waals surface area (Å²) in [6, 6.07) is 6.88. The van der Waals surface area contributed by atoms with Gasteiger partial charge in [-0.2, -0.15) is 0 Å². The van der Waals surface area contributed by atoms with E-state index < -0.39 is 32.4 Å². The van der Waals surface area contributed by atoms with Crippen LogP contribution in [0, 0.1) is 5.41 Å². The van der Waals surface area contributed by atoms with Gasteiger partial charge in [0.05, 0.1) is 11.9 Å². The molecule has 0 aliphatic heterocycles. The Hall–Kier alpha value is -1.11. The van der Waals surface area contributed by atoms with Gasteiger partial charge >= 0.3 is 5.97 Å². The van der Waals surface area contributed by atoms with Gasteiger partial charge < -0.3 is 10.5 Å². The van der Waals surface area contributed by atoms with E-state index in [1.807, 2.05) is 0 Å². The highest BCUT2D eigenvalue weighted by molar-refractivity contribution is 7.92. The minimum atomic E-state index is -3.44. The maximum Gasteiger partial charge on any atom is 0.315 e. The fraction of sp³-hybridized carbons (Fsp3) is 0.533. The molecule has 7 heteroatoms. The molecule has 1 aliphatic rings. The van der Waals surface area contributed by atoms with Gasteiger partial charge in [-0.25, -0.2) is 8.42 Å². The first-order chi connectivity index (χ1) is 10.3. The number of hydrogen-bond donors (Lipinski definition) is 1. The minimum Gasteiger partial charge on any atom is -0.465 e. The predicted octanol–water partition coefficient (Wildman–Crippen LogP) is 1.75. The maximum atomic E-state index is 12.4. The van der Waals surface area contributed by atoms with Crippen LogP contribution in [-0.4, -0.2) is 38.5 Å². The van der Waals surface area contributed by atoms with Gasteiger partial charge in [0.1, 0.15) is 5.41 Å². The van der Waals surface area contributed by atoms with Gasteiger partial charge in [-0.15, -0.1) is 0 Å². The van der Waals surface area contributed by atoms with Crippen LogP contribution < -0.4 is 5.73 Å². The van der Waals surface area contributed by atoms with Crippen LogP contribution in [0.5, 0.6) is 0 Å². The van der Waals surface area contributed by atoms with Crippen molar-refractivity contribution in [3.63, 3.8) is 0 Å². The van der Waals surface area contributed by atoms with E-state index >= 15 is 0 Å². The number of sulfone groups is 1. The summed E-state index contributed by atoms with van der Waals surface area (Å²) >= 11 is 5.99. The van der Waals surface area contributed by atoms with E-state index in [4.69, 9.17) is 22.1 Å². The molecular weight excluding hydrogens is 326 g/mol. The number of ether oxygens (including phenoxy) is 1. The van der Waals surface area contributed by atoms with E-state index in [-0.39, 0.29) is 18.9 Å². The zero-order valence-electron chi connectivity index (χ0n) is 12.6. The van der Waals surface area contributed by atoms with Crippen LogP contribution in [0.25, 0.3) is 0 Å². The van der Waals surface area contributed by atoms with Gasteiger partial charge in [0.25, 0.3) is 0 Å². The summed E-state index contributed by atoms with van der Waals surface area (Å²) in [5.41, 5.74) is 5.30. The van der Waals surface area contributed by atoms with Gasteiger partial charge in [-0.3, -0.25) is 4.79 Å². The topological polar surface area (TPSA) is 86.5 Å². The van der Waals surface area contributed by atoms with E-state index in [0.717, 1.165) is 0 Å². The first kappa shape index (κ1) is 17.2. The van der Waals surface area contributed by atoms with Crippen LogP contribution >= 0.6 is 11.6 Å². The van der Waals surface area contributed by atoms with Gasteiger partial charge in [0.2, 0.25) is 0 Å². The van der Waals surface area contributed by atoms with Crippen molar-refractivity contribution in [1.29, 1.82) is 0 Å². The van der Waals surface area contributed by atoms with Crippen molar-refractivity contribution >= 4 is 27.4 Å². The average Bonchev–Trinajstić information content (AvgIpc) is 3.19. The summed E-state index contributed by atoms with van der Waals surface area (Å²) in [4.78, 5) is 12.4. The predicted molar refractivity (Wildman–Crippen MR) is 85.6 cm³/mol. The number of hydrogen-bond acceptors (Lipinski definition) is 5. The molecule has 0 bridgehead atoms. The van der Waals surface area contributed by atoms with Crippen molar-refractivity contribution in [1.82, 2.24) is 0 Å². The summed E-state index contributed by atoms with van der Waals surface area (Å²) in [5.74, 6) is -1.11. The molecule has 0 unspecified atom stereocenters. The second-order valence-electron chi connectivity index (χ2n) is 5.37. The van der Waals surface area contributed by atoms with Crippen LogP contribution in [0.4, 0.5) is 0 Å². The third-order valence-corrected chi connectivity index (χ3v) is 6.75. The van der Waals surface area contributed by atoms with Crippen LogP contribution in [0.2, 0.25) is 5.02 Å². The molecule has 0 spiro atoms. The minimum absolute atomic E-state index is 0.0457. The van der Waals surface area contributed by atoms with Crippen LogP contribution in [0.1, 0.15) is 25.3 Å². The quantitative estimate of drug-likeness (QED) is 0.794. The lowest BCUT2D eigenvalue weighted by Gasteiger charge is -2.14. The van der Waals surface area contributed by atoms with E-state index in [2.05, 4.69) is 0 Å². The van der Waals surface area contributed by atoms with Crippen LogP contribution in [-0.2, 0) is 19.4 Å². The number of carbonyl (C=O) groups is 1. The highest BCUT2D eigenvalue weighted by atomic mass is 35.5. The number of nitrogens with two attached hydrogens (primary N) is 1. The lowest BCUT2D eigenvalue weighted by molar-refractivity contribution is -0.149. The molecule has 1 fully saturated rings. The molecule has 3 atom stereocenters. The molecule has 1 saturated carbocycles. The lowest BCUT2D eigenvalue weighted by atomic mass is 9.99. The van der Waals surface area contributed by atoms with Gasteiger partial charge in [0, 0.05) is 23.2 Å². The monoisotopic (exact) mass is 345 g/mol. The Morgan fingerprint density at radius 1 is 1.41 bits per heavy atom. The molecular formula is C15H20ClNO4S. The molecule has 1 aromatic carbocycles. The number of carbonyl (C=O) groups excluding carboxylic acids is 1. The molecule has 0 heterocycles. The molecule has 0 aromatic heterocycles. The highest BCUT2D eigenvalue weighted by Crippen LogP contribution is 2.63. The van der Waals surface area contributed by atoms with E-state index in [1.165, 1.54) is 0 Å². The van der Waals surface area contributed by atoms with Crippen molar-refractivity contribution in [2.45, 2.75) is 25.0 Å². The summed E-state index contributed by atoms with van der Waals surface area (Å²) in [5, 5.41) is -0.362. The van der Waals surface area contributed by atoms with Crippen LogP contribution in [0.15, 0.2) is 24.3 Å². The first-order valence-corrected chi connectivity index (χ1v) is 9.28. The third-order valence-electron chi connectivity index (χ3n) is 4.25. The molecule has 2 rings (SSSR count). The van der Waals surface area contributed by atoms with E-state index in [9.17, 15) is 13.2 Å². The summed E-state index contributed by atoms with van der Waals surface area (Å²) in [7, 11) is -3.44. The van der Waals surface area contributed by atoms with Crippen molar-refractivity contribution in [2.75, 3.05) is 18.9 Å².